The largest absolute Gasteiger partial charge is 0.370 e. The van der Waals surface area contributed by atoms with E-state index in [1.165, 1.54) is 20.9 Å². The Kier molecular flexibility index (Phi) is 5.44. The van der Waals surface area contributed by atoms with E-state index in [9.17, 15) is 4.79 Å². The number of rotatable bonds is 3. The van der Waals surface area contributed by atoms with E-state index in [0.29, 0.717) is 0 Å². The molecule has 3 aliphatic rings. The number of carbonyl (C=O) groups excluding carboxylic acids is 1. The number of hydrogen-bond donors (Lipinski definition) is 1. The summed E-state index contributed by atoms with van der Waals surface area (Å²) in [6.07, 6.45) is 4.19. The first-order valence-electron chi connectivity index (χ1n) is 11.0. The molecular weight excluding hydrogens is 396 g/mol. The molecule has 0 radical (unpaired) electrons. The summed E-state index contributed by atoms with van der Waals surface area (Å²) in [5.41, 5.74) is 1.72. The Hall–Kier alpha value is -1.73. The summed E-state index contributed by atoms with van der Waals surface area (Å²) in [6.45, 7) is 3.89. The predicted molar refractivity (Wildman–Crippen MR) is 119 cm³/mol. The van der Waals surface area contributed by atoms with Crippen molar-refractivity contribution in [1.82, 2.24) is 10.2 Å². The minimum absolute atomic E-state index is 0.160. The van der Waals surface area contributed by atoms with E-state index in [-0.39, 0.29) is 11.5 Å². The Morgan fingerprint density at radius 3 is 2.57 bits per heavy atom. The maximum absolute atomic E-state index is 13.3. The summed E-state index contributed by atoms with van der Waals surface area (Å²) in [5, 5.41) is 3.34. The number of piperidine rings is 2. The van der Waals surface area contributed by atoms with Crippen LogP contribution in [0, 0.1) is 0 Å². The van der Waals surface area contributed by atoms with Crippen LogP contribution in [0.15, 0.2) is 36.4 Å². The van der Waals surface area contributed by atoms with E-state index in [4.69, 9.17) is 9.47 Å². The van der Waals surface area contributed by atoms with Crippen molar-refractivity contribution in [3.63, 3.8) is 0 Å². The van der Waals surface area contributed by atoms with Crippen LogP contribution in [0.4, 0.5) is 0 Å². The number of methoxy groups -OCH3 is 1. The van der Waals surface area contributed by atoms with E-state index in [0.717, 1.165) is 64.9 Å². The monoisotopic (exact) mass is 426 g/mol. The van der Waals surface area contributed by atoms with Crippen LogP contribution in [0.1, 0.15) is 36.1 Å². The van der Waals surface area contributed by atoms with Gasteiger partial charge in [-0.15, -0.1) is 11.3 Å². The van der Waals surface area contributed by atoms with Crippen LogP contribution in [-0.4, -0.2) is 56.3 Å². The molecular formula is C24H30N2O3S. The molecule has 4 heterocycles. The Labute approximate surface area is 182 Å². The number of nitrogens with zero attached hydrogens (tertiary/aromatic N) is 1. The van der Waals surface area contributed by atoms with Gasteiger partial charge in [0, 0.05) is 36.4 Å². The number of likely N-dealkylation sites (tertiary alicyclic amines) is 1. The van der Waals surface area contributed by atoms with Gasteiger partial charge in [0.2, 0.25) is 0 Å². The highest BCUT2D eigenvalue weighted by molar-refractivity contribution is 7.15. The minimum Gasteiger partial charge on any atom is -0.370 e. The fraction of sp³-hybridized carbons (Fsp3) is 0.542. The van der Waals surface area contributed by atoms with Gasteiger partial charge in [0.05, 0.1) is 12.2 Å². The Balaban J connectivity index is 1.35. The number of ether oxygens (including phenoxy) is 2. The molecule has 160 valence electrons. The smallest absolute Gasteiger partial charge is 0.254 e. The van der Waals surface area contributed by atoms with E-state index in [1.807, 2.05) is 16.2 Å². The van der Waals surface area contributed by atoms with Gasteiger partial charge < -0.3 is 19.7 Å². The van der Waals surface area contributed by atoms with Crippen LogP contribution >= 0.6 is 11.3 Å². The molecule has 1 N–H and O–H groups in total. The summed E-state index contributed by atoms with van der Waals surface area (Å²) in [7, 11) is 1.68. The highest BCUT2D eigenvalue weighted by atomic mass is 32.1. The number of thiophene rings is 1. The first kappa shape index (κ1) is 20.2. The maximum atomic E-state index is 13.3. The van der Waals surface area contributed by atoms with Gasteiger partial charge in [0.25, 0.3) is 5.91 Å². The van der Waals surface area contributed by atoms with Crippen LogP contribution in [0.3, 0.4) is 0 Å². The minimum atomic E-state index is -0.656. The molecule has 2 saturated heterocycles. The maximum Gasteiger partial charge on any atom is 0.254 e. The van der Waals surface area contributed by atoms with Gasteiger partial charge in [-0.2, -0.15) is 0 Å². The third-order valence-corrected chi connectivity index (χ3v) is 8.36. The molecule has 0 atom stereocenters. The molecule has 5 nitrogen and oxygen atoms in total. The molecule has 6 heteroatoms. The lowest BCUT2D eigenvalue weighted by atomic mass is 9.81. The lowest BCUT2D eigenvalue weighted by Gasteiger charge is -2.46. The second-order valence-corrected chi connectivity index (χ2v) is 9.78. The van der Waals surface area contributed by atoms with Gasteiger partial charge in [-0.1, -0.05) is 30.3 Å². The molecule has 0 bridgehead atoms. The lowest BCUT2D eigenvalue weighted by molar-refractivity contribution is -0.165. The Morgan fingerprint density at radius 2 is 1.87 bits per heavy atom. The molecule has 3 aliphatic heterocycles. The summed E-state index contributed by atoms with van der Waals surface area (Å²) < 4.78 is 12.2. The Morgan fingerprint density at radius 1 is 1.13 bits per heavy atom. The van der Waals surface area contributed by atoms with E-state index in [1.54, 1.807) is 7.11 Å². The zero-order valence-corrected chi connectivity index (χ0v) is 18.4. The number of amides is 1. The number of nitrogens with one attached hydrogen (secondary N) is 1. The normalized spacial score (nSPS) is 22.6. The first-order chi connectivity index (χ1) is 14.7. The van der Waals surface area contributed by atoms with Gasteiger partial charge in [0.15, 0.2) is 0 Å². The van der Waals surface area contributed by atoms with E-state index in [2.05, 4.69) is 41.7 Å². The average molecular weight is 427 g/mol. The molecule has 1 aromatic carbocycles. The van der Waals surface area contributed by atoms with Crippen molar-refractivity contribution in [2.75, 3.05) is 39.9 Å². The second-order valence-electron chi connectivity index (χ2n) is 8.65. The van der Waals surface area contributed by atoms with Gasteiger partial charge in [-0.25, -0.2) is 0 Å². The number of carbonyl (C=O) groups is 1. The topological polar surface area (TPSA) is 50.8 Å². The van der Waals surface area contributed by atoms with Gasteiger partial charge in [-0.3, -0.25) is 4.79 Å². The van der Waals surface area contributed by atoms with E-state index < -0.39 is 5.60 Å². The SMILES string of the molecule is COC1(C(=O)N2CCC3(CC2)OCCc2sc(-c4ccccc4)cc23)CCNCC1. The van der Waals surface area contributed by atoms with Crippen molar-refractivity contribution in [1.29, 1.82) is 0 Å². The van der Waals surface area contributed by atoms with Crippen molar-refractivity contribution in [3.8, 4) is 10.4 Å². The first-order valence-corrected chi connectivity index (χ1v) is 11.9. The van der Waals surface area contributed by atoms with Gasteiger partial charge in [0.1, 0.15) is 5.60 Å². The summed E-state index contributed by atoms with van der Waals surface area (Å²) in [4.78, 5) is 18.1. The second kappa shape index (κ2) is 8.08. The van der Waals surface area contributed by atoms with Gasteiger partial charge >= 0.3 is 0 Å². The summed E-state index contributed by atoms with van der Waals surface area (Å²) >= 11 is 1.90. The molecule has 0 unspecified atom stereocenters. The van der Waals surface area contributed by atoms with Crippen LogP contribution in [0.5, 0.6) is 0 Å². The number of fused-ring (bicyclic) bond motifs is 2. The molecule has 2 aromatic rings. The van der Waals surface area contributed by atoms with Crippen LogP contribution in [0.25, 0.3) is 10.4 Å². The zero-order chi connectivity index (χ0) is 20.6. The summed E-state index contributed by atoms with van der Waals surface area (Å²) in [5.74, 6) is 0.160. The zero-order valence-electron chi connectivity index (χ0n) is 17.6. The van der Waals surface area contributed by atoms with Crippen molar-refractivity contribution in [3.05, 3.63) is 46.8 Å². The fourth-order valence-corrected chi connectivity index (χ4v) is 6.51. The third-order valence-electron chi connectivity index (χ3n) is 7.12. The molecule has 30 heavy (non-hydrogen) atoms. The fourth-order valence-electron chi connectivity index (χ4n) is 5.27. The highest BCUT2D eigenvalue weighted by Crippen LogP contribution is 2.47. The average Bonchev–Trinajstić information content (AvgIpc) is 3.26. The molecule has 1 aromatic heterocycles. The molecule has 1 spiro atoms. The van der Waals surface area contributed by atoms with Gasteiger partial charge in [-0.05, 0) is 56.0 Å². The molecule has 1 amide bonds. The predicted octanol–water partition coefficient (Wildman–Crippen LogP) is 3.57. The highest BCUT2D eigenvalue weighted by Gasteiger charge is 2.47. The van der Waals surface area contributed by atoms with Crippen molar-refractivity contribution in [2.45, 2.75) is 43.3 Å². The van der Waals surface area contributed by atoms with Crippen molar-refractivity contribution >= 4 is 17.2 Å². The number of benzene rings is 1. The number of hydrogen-bond acceptors (Lipinski definition) is 5. The van der Waals surface area contributed by atoms with Crippen molar-refractivity contribution in [2.24, 2.45) is 0 Å². The van der Waals surface area contributed by atoms with Crippen LogP contribution < -0.4 is 5.32 Å². The molecule has 0 saturated carbocycles. The van der Waals surface area contributed by atoms with Crippen molar-refractivity contribution < 1.29 is 14.3 Å². The molecule has 5 rings (SSSR count). The Bertz CT molecular complexity index is 896. The van der Waals surface area contributed by atoms with E-state index >= 15 is 0 Å². The molecule has 0 aliphatic carbocycles. The van der Waals surface area contributed by atoms with Crippen LogP contribution in [0.2, 0.25) is 0 Å². The standard InChI is InChI=1S/C24H30N2O3S/c1-28-24(8-12-25-13-9-24)22(27)26-14-10-23(11-15-26)19-17-21(18-5-3-2-4-6-18)30-20(19)7-16-29-23/h2-6,17,25H,7-16H2,1H3. The lowest BCUT2D eigenvalue weighted by Crippen LogP contribution is -2.58. The molecule has 2 fully saturated rings. The quantitative estimate of drug-likeness (QED) is 0.815. The third kappa shape index (κ3) is 3.40. The summed E-state index contributed by atoms with van der Waals surface area (Å²) in [6, 6.07) is 12.9. The van der Waals surface area contributed by atoms with Crippen LogP contribution in [-0.2, 0) is 26.3 Å².